The van der Waals surface area contributed by atoms with Crippen molar-refractivity contribution in [1.82, 2.24) is 4.98 Å². The zero-order chi connectivity index (χ0) is 19.8. The maximum Gasteiger partial charge on any atom is 0.256 e. The number of pyridine rings is 1. The van der Waals surface area contributed by atoms with Crippen molar-refractivity contribution < 1.29 is 13.2 Å². The monoisotopic (exact) mass is 382 g/mol. The van der Waals surface area contributed by atoms with Crippen molar-refractivity contribution in [2.24, 2.45) is 0 Å². The Balaban J connectivity index is 2.07. The summed E-state index contributed by atoms with van der Waals surface area (Å²) in [5, 5.41) is 3.63. The van der Waals surface area contributed by atoms with Gasteiger partial charge in [-0.15, -0.1) is 0 Å². The minimum Gasteiger partial charge on any atom is -0.322 e. The van der Waals surface area contributed by atoms with E-state index in [1.807, 2.05) is 45.0 Å². The summed E-state index contributed by atoms with van der Waals surface area (Å²) in [7, 11) is -3.36. The molecule has 1 N–H and O–H groups in total. The number of benzene rings is 2. The van der Waals surface area contributed by atoms with E-state index in [0.717, 1.165) is 28.4 Å². The Kier molecular flexibility index (Phi) is 5.02. The lowest BCUT2D eigenvalue weighted by Crippen LogP contribution is -2.15. The van der Waals surface area contributed by atoms with Gasteiger partial charge in [0.15, 0.2) is 9.84 Å². The summed E-state index contributed by atoms with van der Waals surface area (Å²) in [5.41, 5.74) is 3.39. The van der Waals surface area contributed by atoms with Gasteiger partial charge in [-0.25, -0.2) is 8.42 Å². The van der Waals surface area contributed by atoms with Crippen LogP contribution in [0.2, 0.25) is 0 Å². The number of nitrogens with one attached hydrogen (secondary N) is 1. The van der Waals surface area contributed by atoms with E-state index in [1.54, 1.807) is 18.2 Å². The van der Waals surface area contributed by atoms with Gasteiger partial charge in [0.05, 0.1) is 16.0 Å². The summed E-state index contributed by atoms with van der Waals surface area (Å²) in [6, 6.07) is 14.0. The third-order valence-electron chi connectivity index (χ3n) is 4.46. The highest BCUT2D eigenvalue weighted by atomic mass is 32.2. The van der Waals surface area contributed by atoms with Crippen LogP contribution in [-0.2, 0) is 9.84 Å². The molecule has 6 heteroatoms. The topological polar surface area (TPSA) is 76.1 Å². The molecule has 27 heavy (non-hydrogen) atoms. The molecule has 0 fully saturated rings. The number of rotatable bonds is 4. The summed E-state index contributed by atoms with van der Waals surface area (Å²) >= 11 is 0. The van der Waals surface area contributed by atoms with E-state index in [9.17, 15) is 13.2 Å². The minimum absolute atomic E-state index is 0.172. The Morgan fingerprint density at radius 3 is 2.44 bits per heavy atom. The lowest BCUT2D eigenvalue weighted by Gasteiger charge is -2.14. The number of carbonyl (C=O) groups is 1. The van der Waals surface area contributed by atoms with E-state index in [0.29, 0.717) is 11.3 Å². The van der Waals surface area contributed by atoms with E-state index in [4.69, 9.17) is 0 Å². The quantitative estimate of drug-likeness (QED) is 0.729. The van der Waals surface area contributed by atoms with E-state index in [-0.39, 0.29) is 16.7 Å². The number of aromatic nitrogens is 1. The zero-order valence-corrected chi connectivity index (χ0v) is 16.6. The Bertz CT molecular complexity index is 1140. The molecule has 0 aliphatic rings. The smallest absolute Gasteiger partial charge is 0.256 e. The molecule has 3 aromatic rings. The molecule has 0 aliphatic carbocycles. The highest BCUT2D eigenvalue weighted by molar-refractivity contribution is 7.90. The van der Waals surface area contributed by atoms with Crippen molar-refractivity contribution >= 4 is 32.3 Å². The summed E-state index contributed by atoms with van der Waals surface area (Å²) in [6.07, 6.45) is 1.15. The molecule has 0 aliphatic heterocycles. The summed E-state index contributed by atoms with van der Waals surface area (Å²) in [4.78, 5) is 17.8. The third kappa shape index (κ3) is 4.01. The second-order valence-electron chi connectivity index (χ2n) is 6.97. The molecule has 1 aromatic heterocycles. The molecule has 1 amide bonds. The van der Waals surface area contributed by atoms with E-state index < -0.39 is 9.84 Å². The molecule has 1 heterocycles. The fourth-order valence-electron chi connectivity index (χ4n) is 2.84. The van der Waals surface area contributed by atoms with Crippen LogP contribution in [0.5, 0.6) is 0 Å². The zero-order valence-electron chi connectivity index (χ0n) is 15.8. The number of nitrogens with zero attached hydrogens (tertiary/aromatic N) is 1. The van der Waals surface area contributed by atoms with E-state index >= 15 is 0 Å². The molecule has 0 saturated heterocycles. The van der Waals surface area contributed by atoms with Crippen molar-refractivity contribution in [3.05, 3.63) is 65.4 Å². The van der Waals surface area contributed by atoms with Gasteiger partial charge in [0.1, 0.15) is 0 Å². The lowest BCUT2D eigenvalue weighted by molar-refractivity contribution is 0.102. The van der Waals surface area contributed by atoms with E-state index in [2.05, 4.69) is 10.3 Å². The standard InChI is InChI=1S/C21H22N2O3S/c1-13(2)19-12-17(16-7-5-6-8-18(16)22-19)21(24)23-20-11-15(27(4,25)26)10-9-14(20)3/h5-13H,1-4H3,(H,23,24). The van der Waals surface area contributed by atoms with Crippen LogP contribution in [-0.4, -0.2) is 25.6 Å². The van der Waals surface area contributed by atoms with Gasteiger partial charge in [-0.05, 0) is 42.7 Å². The van der Waals surface area contributed by atoms with Crippen LogP contribution >= 0.6 is 0 Å². The number of sulfone groups is 1. The van der Waals surface area contributed by atoms with Crippen molar-refractivity contribution in [2.75, 3.05) is 11.6 Å². The van der Waals surface area contributed by atoms with Gasteiger partial charge in [-0.2, -0.15) is 0 Å². The Morgan fingerprint density at radius 2 is 1.78 bits per heavy atom. The van der Waals surface area contributed by atoms with Crippen LogP contribution in [0.25, 0.3) is 10.9 Å². The number of hydrogen-bond acceptors (Lipinski definition) is 4. The van der Waals surface area contributed by atoms with Gasteiger partial charge in [-0.1, -0.05) is 38.1 Å². The summed E-state index contributed by atoms with van der Waals surface area (Å²) < 4.78 is 23.7. The fraction of sp³-hybridized carbons (Fsp3) is 0.238. The van der Waals surface area contributed by atoms with Crippen LogP contribution < -0.4 is 5.32 Å². The van der Waals surface area contributed by atoms with Crippen molar-refractivity contribution in [2.45, 2.75) is 31.6 Å². The molecule has 0 unspecified atom stereocenters. The minimum atomic E-state index is -3.36. The molecule has 2 aromatic carbocycles. The second kappa shape index (κ2) is 7.12. The molecule has 140 valence electrons. The number of anilines is 1. The van der Waals surface area contributed by atoms with Gasteiger partial charge in [-0.3, -0.25) is 9.78 Å². The SMILES string of the molecule is Cc1ccc(S(C)(=O)=O)cc1NC(=O)c1cc(C(C)C)nc2ccccc12. The van der Waals surface area contributed by atoms with Crippen LogP contribution in [0, 0.1) is 6.92 Å². The molecule has 0 spiro atoms. The number of aryl methyl sites for hydroxylation is 1. The number of carbonyl (C=O) groups excluding carboxylic acids is 1. The number of hydrogen-bond donors (Lipinski definition) is 1. The second-order valence-corrected chi connectivity index (χ2v) is 8.99. The predicted octanol–water partition coefficient (Wildman–Crippen LogP) is 4.32. The first kappa shape index (κ1) is 19.0. The van der Waals surface area contributed by atoms with Gasteiger partial charge in [0.25, 0.3) is 5.91 Å². The van der Waals surface area contributed by atoms with Crippen molar-refractivity contribution in [3.63, 3.8) is 0 Å². The first-order valence-electron chi connectivity index (χ1n) is 8.68. The van der Waals surface area contributed by atoms with E-state index in [1.165, 1.54) is 6.07 Å². The Hall–Kier alpha value is -2.73. The molecule has 5 nitrogen and oxygen atoms in total. The summed E-state index contributed by atoms with van der Waals surface area (Å²) in [6.45, 7) is 5.88. The first-order chi connectivity index (χ1) is 12.7. The van der Waals surface area contributed by atoms with Crippen molar-refractivity contribution in [1.29, 1.82) is 0 Å². The molecular formula is C21H22N2O3S. The maximum atomic E-state index is 13.0. The third-order valence-corrected chi connectivity index (χ3v) is 5.57. The summed E-state index contributed by atoms with van der Waals surface area (Å²) in [5.74, 6) is -0.110. The van der Waals surface area contributed by atoms with Gasteiger partial charge >= 0.3 is 0 Å². The van der Waals surface area contributed by atoms with Gasteiger partial charge < -0.3 is 5.32 Å². The molecular weight excluding hydrogens is 360 g/mol. The number of fused-ring (bicyclic) bond motifs is 1. The molecule has 0 atom stereocenters. The molecule has 0 radical (unpaired) electrons. The van der Waals surface area contributed by atoms with Crippen LogP contribution in [0.3, 0.4) is 0 Å². The average molecular weight is 382 g/mol. The fourth-order valence-corrected chi connectivity index (χ4v) is 3.48. The highest BCUT2D eigenvalue weighted by Gasteiger charge is 2.16. The number of amides is 1. The molecule has 0 saturated carbocycles. The Labute approximate surface area is 159 Å². The normalized spacial score (nSPS) is 11.7. The maximum absolute atomic E-state index is 13.0. The molecule has 3 rings (SSSR count). The van der Waals surface area contributed by atoms with Crippen LogP contribution in [0.1, 0.15) is 41.4 Å². The number of para-hydroxylation sites is 1. The van der Waals surface area contributed by atoms with Crippen molar-refractivity contribution in [3.8, 4) is 0 Å². The van der Waals surface area contributed by atoms with Crippen LogP contribution in [0.4, 0.5) is 5.69 Å². The molecule has 0 bridgehead atoms. The Morgan fingerprint density at radius 1 is 1.07 bits per heavy atom. The predicted molar refractivity (Wildman–Crippen MR) is 108 cm³/mol. The van der Waals surface area contributed by atoms with Crippen LogP contribution in [0.15, 0.2) is 53.4 Å². The first-order valence-corrected chi connectivity index (χ1v) is 10.6. The lowest BCUT2D eigenvalue weighted by atomic mass is 10.0. The van der Waals surface area contributed by atoms with Gasteiger partial charge in [0.2, 0.25) is 0 Å². The average Bonchev–Trinajstić information content (AvgIpc) is 2.61. The highest BCUT2D eigenvalue weighted by Crippen LogP contribution is 2.25. The largest absolute Gasteiger partial charge is 0.322 e. The van der Waals surface area contributed by atoms with Gasteiger partial charge in [0, 0.05) is 23.0 Å².